The van der Waals surface area contributed by atoms with Crippen molar-refractivity contribution >= 4 is 22.3 Å². The van der Waals surface area contributed by atoms with E-state index in [-0.39, 0.29) is 22.2 Å². The minimum atomic E-state index is -0.393. The van der Waals surface area contributed by atoms with Crippen molar-refractivity contribution in [2.75, 3.05) is 31.1 Å². The van der Waals surface area contributed by atoms with Gasteiger partial charge in [-0.2, -0.15) is 0 Å². The Balaban J connectivity index is 1.35. The average Bonchev–Trinajstić information content (AvgIpc) is 3.44. The summed E-state index contributed by atoms with van der Waals surface area (Å²) in [6, 6.07) is 14.6. The van der Waals surface area contributed by atoms with Crippen LogP contribution in [0.3, 0.4) is 0 Å². The van der Waals surface area contributed by atoms with Crippen molar-refractivity contribution in [3.63, 3.8) is 0 Å². The van der Waals surface area contributed by atoms with Gasteiger partial charge in [0.15, 0.2) is 5.82 Å². The minimum Gasteiger partial charge on any atom is -0.369 e. The number of anilines is 1. The van der Waals surface area contributed by atoms with Gasteiger partial charge in [-0.15, -0.1) is 5.10 Å². The van der Waals surface area contributed by atoms with Crippen molar-refractivity contribution in [3.8, 4) is 0 Å². The molecule has 2 fully saturated rings. The van der Waals surface area contributed by atoms with Crippen LogP contribution in [0.5, 0.6) is 0 Å². The number of hydrogen-bond acceptors (Lipinski definition) is 8. The molecule has 1 aliphatic heterocycles. The molecule has 0 amide bonds. The van der Waals surface area contributed by atoms with Crippen LogP contribution in [0.25, 0.3) is 10.9 Å². The molecule has 0 spiro atoms. The van der Waals surface area contributed by atoms with Crippen LogP contribution in [0.15, 0.2) is 53.3 Å². The van der Waals surface area contributed by atoms with Gasteiger partial charge in [-0.05, 0) is 65.4 Å². The number of nitrogens with zero attached hydrogens (tertiary/aromatic N) is 7. The number of hydrogen-bond donors (Lipinski definition) is 1. The number of fused-ring (bicyclic) bond motifs is 1. The van der Waals surface area contributed by atoms with Crippen molar-refractivity contribution in [2.45, 2.75) is 51.1 Å². The maximum atomic E-state index is 13.6. The number of pyridine rings is 1. The third-order valence-corrected chi connectivity index (χ3v) is 8.11. The van der Waals surface area contributed by atoms with Gasteiger partial charge in [0.05, 0.1) is 11.0 Å². The first kappa shape index (κ1) is 25.2. The first-order chi connectivity index (χ1) is 19.0. The van der Waals surface area contributed by atoms with Crippen LogP contribution in [0, 0.1) is 17.0 Å². The van der Waals surface area contributed by atoms with E-state index in [1.165, 1.54) is 6.42 Å². The first-order valence-electron chi connectivity index (χ1n) is 13.6. The number of aryl methyl sites for hydroxylation is 1. The van der Waals surface area contributed by atoms with E-state index in [4.69, 9.17) is 0 Å². The van der Waals surface area contributed by atoms with Crippen LogP contribution in [-0.4, -0.2) is 61.2 Å². The summed E-state index contributed by atoms with van der Waals surface area (Å²) in [6.07, 6.45) is 5.60. The van der Waals surface area contributed by atoms with Gasteiger partial charge in [-0.1, -0.05) is 31.4 Å². The van der Waals surface area contributed by atoms with E-state index < -0.39 is 6.04 Å². The smallest absolute Gasteiger partial charge is 0.269 e. The largest absolute Gasteiger partial charge is 0.369 e. The molecule has 4 aromatic rings. The molecule has 2 aromatic heterocycles. The normalized spacial score (nSPS) is 17.9. The highest BCUT2D eigenvalue weighted by Gasteiger charge is 2.34. The Hall–Kier alpha value is -4.12. The lowest BCUT2D eigenvalue weighted by molar-refractivity contribution is -0.384. The molecule has 1 N–H and O–H groups in total. The fourth-order valence-electron chi connectivity index (χ4n) is 6.02. The third-order valence-electron chi connectivity index (χ3n) is 8.11. The summed E-state index contributed by atoms with van der Waals surface area (Å²) in [5.74, 6) is 0.711. The third kappa shape index (κ3) is 5.01. The van der Waals surface area contributed by atoms with Crippen LogP contribution in [-0.2, 0) is 0 Å². The standard InChI is InChI=1S/C28H32N8O3/c1-19-7-8-20-18-24(28(37)29-25(20)17-19)26(27-30-31-32-35(27)22-5-3-2-4-6-22)34-15-13-33(14-16-34)21-9-11-23(12-10-21)36(38)39/h7-12,17-18,22,26H,2-6,13-16H2,1H3,(H,29,37). The van der Waals surface area contributed by atoms with Crippen LogP contribution >= 0.6 is 0 Å². The first-order valence-corrected chi connectivity index (χ1v) is 13.6. The number of aromatic nitrogens is 5. The van der Waals surface area contributed by atoms with E-state index in [1.807, 2.05) is 29.8 Å². The molecule has 11 heteroatoms. The number of nitro benzene ring substituents is 1. The van der Waals surface area contributed by atoms with Crippen LogP contribution in [0.1, 0.15) is 61.1 Å². The molecule has 11 nitrogen and oxygen atoms in total. The molecule has 6 rings (SSSR count). The van der Waals surface area contributed by atoms with E-state index >= 15 is 0 Å². The van der Waals surface area contributed by atoms with Gasteiger partial charge in [0.1, 0.15) is 6.04 Å². The zero-order valence-electron chi connectivity index (χ0n) is 22.0. The zero-order chi connectivity index (χ0) is 26.9. The molecule has 0 bridgehead atoms. The molecule has 3 heterocycles. The number of nitro groups is 1. The van der Waals surface area contributed by atoms with Crippen LogP contribution in [0.4, 0.5) is 11.4 Å². The van der Waals surface area contributed by atoms with Crippen molar-refractivity contribution in [1.82, 2.24) is 30.1 Å². The van der Waals surface area contributed by atoms with E-state index in [0.29, 0.717) is 37.6 Å². The average molecular weight is 529 g/mol. The van der Waals surface area contributed by atoms with Gasteiger partial charge in [0.2, 0.25) is 0 Å². The number of tetrazole rings is 1. The van der Waals surface area contributed by atoms with Crippen molar-refractivity contribution in [2.24, 2.45) is 0 Å². The molecule has 1 saturated carbocycles. The molecule has 1 saturated heterocycles. The molecule has 1 atom stereocenters. The van der Waals surface area contributed by atoms with Crippen molar-refractivity contribution in [3.05, 3.63) is 86.0 Å². The molecular formula is C28H32N8O3. The summed E-state index contributed by atoms with van der Waals surface area (Å²) >= 11 is 0. The van der Waals surface area contributed by atoms with E-state index in [0.717, 1.165) is 47.8 Å². The zero-order valence-corrected chi connectivity index (χ0v) is 22.0. The fraction of sp³-hybridized carbons (Fsp3) is 0.429. The number of aromatic amines is 1. The molecule has 39 heavy (non-hydrogen) atoms. The Bertz CT molecular complexity index is 1530. The second-order valence-electron chi connectivity index (χ2n) is 10.6. The summed E-state index contributed by atoms with van der Waals surface area (Å²) in [5.41, 5.74) is 3.44. The van der Waals surface area contributed by atoms with E-state index in [1.54, 1.807) is 24.3 Å². The predicted octanol–water partition coefficient (Wildman–Crippen LogP) is 4.15. The number of benzene rings is 2. The van der Waals surface area contributed by atoms with Crippen LogP contribution < -0.4 is 10.5 Å². The highest BCUT2D eigenvalue weighted by molar-refractivity contribution is 5.79. The minimum absolute atomic E-state index is 0.0812. The molecule has 1 unspecified atom stereocenters. The Morgan fingerprint density at radius 1 is 1.00 bits per heavy atom. The molecule has 1 aliphatic carbocycles. The van der Waals surface area contributed by atoms with Gasteiger partial charge >= 0.3 is 0 Å². The quantitative estimate of drug-likeness (QED) is 0.292. The molecule has 2 aliphatic rings. The Morgan fingerprint density at radius 3 is 2.46 bits per heavy atom. The van der Waals surface area contributed by atoms with Crippen LogP contribution in [0.2, 0.25) is 0 Å². The lowest BCUT2D eigenvalue weighted by Gasteiger charge is -2.40. The number of piperazine rings is 1. The van der Waals surface area contributed by atoms with Gasteiger partial charge in [0, 0.05) is 55.1 Å². The second kappa shape index (κ2) is 10.6. The monoisotopic (exact) mass is 528 g/mol. The molecular weight excluding hydrogens is 496 g/mol. The van der Waals surface area contributed by atoms with Crippen molar-refractivity contribution in [1.29, 1.82) is 0 Å². The Labute approximate surface area is 225 Å². The van der Waals surface area contributed by atoms with Gasteiger partial charge < -0.3 is 9.88 Å². The van der Waals surface area contributed by atoms with E-state index in [9.17, 15) is 14.9 Å². The fourth-order valence-corrected chi connectivity index (χ4v) is 6.02. The van der Waals surface area contributed by atoms with Gasteiger partial charge in [-0.3, -0.25) is 19.8 Å². The highest BCUT2D eigenvalue weighted by atomic mass is 16.6. The van der Waals surface area contributed by atoms with Crippen molar-refractivity contribution < 1.29 is 4.92 Å². The molecule has 202 valence electrons. The topological polar surface area (TPSA) is 126 Å². The summed E-state index contributed by atoms with van der Waals surface area (Å²) in [4.78, 5) is 31.8. The van der Waals surface area contributed by atoms with Gasteiger partial charge in [-0.25, -0.2) is 4.68 Å². The SMILES string of the molecule is Cc1ccc2cc(C(c3nnnn3C3CCCCC3)N3CCN(c4ccc([N+](=O)[O-])cc4)CC3)c(=O)[nH]c2c1. The van der Waals surface area contributed by atoms with Gasteiger partial charge in [0.25, 0.3) is 11.2 Å². The summed E-state index contributed by atoms with van der Waals surface area (Å²) in [6.45, 7) is 4.81. The summed E-state index contributed by atoms with van der Waals surface area (Å²) in [5, 5.41) is 25.1. The summed E-state index contributed by atoms with van der Waals surface area (Å²) in [7, 11) is 0. The molecule has 0 radical (unpaired) electrons. The van der Waals surface area contributed by atoms with E-state index in [2.05, 4.69) is 36.4 Å². The molecule has 2 aromatic carbocycles. The lowest BCUT2D eigenvalue weighted by Crippen LogP contribution is -2.49. The number of non-ortho nitro benzene ring substituents is 1. The Kier molecular flexibility index (Phi) is 6.82. The number of rotatable bonds is 6. The number of nitrogens with one attached hydrogen (secondary N) is 1. The second-order valence-corrected chi connectivity index (χ2v) is 10.6. The predicted molar refractivity (Wildman–Crippen MR) is 148 cm³/mol. The number of H-pyrrole nitrogens is 1. The Morgan fingerprint density at radius 2 is 1.74 bits per heavy atom. The maximum absolute atomic E-state index is 13.6. The highest BCUT2D eigenvalue weighted by Crippen LogP contribution is 2.34. The lowest BCUT2D eigenvalue weighted by atomic mass is 9.95. The maximum Gasteiger partial charge on any atom is 0.269 e. The summed E-state index contributed by atoms with van der Waals surface area (Å²) < 4.78 is 1.96.